The van der Waals surface area contributed by atoms with Gasteiger partial charge in [0, 0.05) is 11.8 Å². The van der Waals surface area contributed by atoms with Crippen LogP contribution in [0.3, 0.4) is 0 Å². The van der Waals surface area contributed by atoms with Gasteiger partial charge in [0.1, 0.15) is 5.75 Å². The molecule has 134 valence electrons. The molecule has 6 nitrogen and oxygen atoms in total. The molecule has 25 heavy (non-hydrogen) atoms. The van der Waals surface area contributed by atoms with E-state index in [9.17, 15) is 4.79 Å². The zero-order chi connectivity index (χ0) is 18.1. The maximum atomic E-state index is 12.0. The van der Waals surface area contributed by atoms with Crippen molar-refractivity contribution in [1.82, 2.24) is 5.32 Å². The minimum absolute atomic E-state index is 0.118. The number of nitrogens with one attached hydrogen (secondary N) is 2. The van der Waals surface area contributed by atoms with Crippen molar-refractivity contribution in [3.05, 3.63) is 48.0 Å². The second-order valence-electron chi connectivity index (χ2n) is 5.36. The number of benzene rings is 2. The molecule has 0 radical (unpaired) electrons. The van der Waals surface area contributed by atoms with E-state index >= 15 is 0 Å². The Morgan fingerprint density at radius 2 is 1.64 bits per heavy atom. The van der Waals surface area contributed by atoms with Gasteiger partial charge in [-0.1, -0.05) is 18.2 Å². The summed E-state index contributed by atoms with van der Waals surface area (Å²) in [6, 6.07) is 13.1. The van der Waals surface area contributed by atoms with E-state index in [-0.39, 0.29) is 12.5 Å². The quantitative estimate of drug-likeness (QED) is 0.684. The molecular weight excluding hydrogens is 320 g/mol. The number of amides is 1. The van der Waals surface area contributed by atoms with Crippen LogP contribution in [-0.2, 0) is 11.2 Å². The third-order valence-corrected chi connectivity index (χ3v) is 3.72. The standard InChI is InChI=1S/C19H24N2O4/c1-23-16-7-5-4-6-14(16)10-11-20-13-19(22)21-15-8-9-17(24-2)18(12-15)25-3/h4-9,12,20H,10-11,13H2,1-3H3,(H,21,22). The van der Waals surface area contributed by atoms with Crippen LogP contribution in [0.4, 0.5) is 5.69 Å². The summed E-state index contributed by atoms with van der Waals surface area (Å²) in [5.41, 5.74) is 1.77. The maximum Gasteiger partial charge on any atom is 0.238 e. The Hall–Kier alpha value is -2.73. The highest BCUT2D eigenvalue weighted by Gasteiger charge is 2.07. The molecule has 0 fully saturated rings. The van der Waals surface area contributed by atoms with Crippen LogP contribution in [0.5, 0.6) is 17.2 Å². The van der Waals surface area contributed by atoms with Gasteiger partial charge in [0.2, 0.25) is 5.91 Å². The number of methoxy groups -OCH3 is 3. The minimum atomic E-state index is -0.118. The first-order valence-corrected chi connectivity index (χ1v) is 8.02. The van der Waals surface area contributed by atoms with Crippen LogP contribution in [0, 0.1) is 0 Å². The highest BCUT2D eigenvalue weighted by atomic mass is 16.5. The Labute approximate surface area is 148 Å². The molecule has 1 amide bonds. The van der Waals surface area contributed by atoms with Gasteiger partial charge in [0.05, 0.1) is 27.9 Å². The van der Waals surface area contributed by atoms with Crippen molar-refractivity contribution in [3.8, 4) is 17.2 Å². The molecule has 0 unspecified atom stereocenters. The fourth-order valence-corrected chi connectivity index (χ4v) is 2.45. The number of carbonyl (C=O) groups is 1. The number of ether oxygens (including phenoxy) is 3. The Morgan fingerprint density at radius 3 is 2.36 bits per heavy atom. The summed E-state index contributed by atoms with van der Waals surface area (Å²) in [6.07, 6.45) is 0.785. The van der Waals surface area contributed by atoms with Gasteiger partial charge in [-0.25, -0.2) is 0 Å². The zero-order valence-electron chi connectivity index (χ0n) is 14.8. The minimum Gasteiger partial charge on any atom is -0.496 e. The summed E-state index contributed by atoms with van der Waals surface area (Å²) in [5, 5.41) is 5.96. The molecule has 0 saturated carbocycles. The lowest BCUT2D eigenvalue weighted by Gasteiger charge is -2.11. The average molecular weight is 344 g/mol. The van der Waals surface area contributed by atoms with Crippen LogP contribution in [0.2, 0.25) is 0 Å². The fraction of sp³-hybridized carbons (Fsp3) is 0.316. The molecule has 0 saturated heterocycles. The number of para-hydroxylation sites is 1. The molecule has 2 rings (SSSR count). The third-order valence-electron chi connectivity index (χ3n) is 3.72. The predicted octanol–water partition coefficient (Wildman–Crippen LogP) is 2.48. The van der Waals surface area contributed by atoms with Crippen LogP contribution in [0.25, 0.3) is 0 Å². The lowest BCUT2D eigenvalue weighted by atomic mass is 10.1. The van der Waals surface area contributed by atoms with Crippen molar-refractivity contribution in [2.24, 2.45) is 0 Å². The van der Waals surface area contributed by atoms with E-state index in [2.05, 4.69) is 10.6 Å². The first-order chi connectivity index (χ1) is 12.2. The van der Waals surface area contributed by atoms with Crippen LogP contribution in [0.15, 0.2) is 42.5 Å². The van der Waals surface area contributed by atoms with Crippen molar-refractivity contribution >= 4 is 11.6 Å². The average Bonchev–Trinajstić information content (AvgIpc) is 2.65. The maximum absolute atomic E-state index is 12.0. The molecule has 0 atom stereocenters. The molecule has 2 N–H and O–H groups in total. The highest BCUT2D eigenvalue weighted by molar-refractivity contribution is 5.92. The van der Waals surface area contributed by atoms with Gasteiger partial charge in [-0.3, -0.25) is 4.79 Å². The van der Waals surface area contributed by atoms with Crippen molar-refractivity contribution in [3.63, 3.8) is 0 Å². The van der Waals surface area contributed by atoms with Gasteiger partial charge in [-0.15, -0.1) is 0 Å². The normalized spacial score (nSPS) is 10.2. The zero-order valence-corrected chi connectivity index (χ0v) is 14.8. The first-order valence-electron chi connectivity index (χ1n) is 8.02. The van der Waals surface area contributed by atoms with E-state index < -0.39 is 0 Å². The summed E-state index contributed by atoms with van der Waals surface area (Å²) >= 11 is 0. The van der Waals surface area contributed by atoms with Gasteiger partial charge in [-0.05, 0) is 36.7 Å². The predicted molar refractivity (Wildman–Crippen MR) is 97.7 cm³/mol. The molecule has 0 aliphatic rings. The molecule has 0 bridgehead atoms. The Balaban J connectivity index is 1.79. The van der Waals surface area contributed by atoms with Gasteiger partial charge in [0.15, 0.2) is 11.5 Å². The fourth-order valence-electron chi connectivity index (χ4n) is 2.45. The highest BCUT2D eigenvalue weighted by Crippen LogP contribution is 2.29. The Bertz CT molecular complexity index is 704. The van der Waals surface area contributed by atoms with Crippen molar-refractivity contribution in [2.45, 2.75) is 6.42 Å². The summed E-state index contributed by atoms with van der Waals surface area (Å²) in [6.45, 7) is 0.906. The van der Waals surface area contributed by atoms with Crippen LogP contribution in [0.1, 0.15) is 5.56 Å². The van der Waals surface area contributed by atoms with Gasteiger partial charge < -0.3 is 24.8 Å². The lowest BCUT2D eigenvalue weighted by molar-refractivity contribution is -0.115. The van der Waals surface area contributed by atoms with Crippen molar-refractivity contribution < 1.29 is 19.0 Å². The number of anilines is 1. The molecule has 0 aliphatic carbocycles. The molecule has 0 aromatic heterocycles. The van der Waals surface area contributed by atoms with E-state index in [4.69, 9.17) is 14.2 Å². The second-order valence-corrected chi connectivity index (χ2v) is 5.36. The Morgan fingerprint density at radius 1 is 0.920 bits per heavy atom. The van der Waals surface area contributed by atoms with E-state index in [1.807, 2.05) is 24.3 Å². The second kappa shape index (κ2) is 9.54. The smallest absolute Gasteiger partial charge is 0.238 e. The molecule has 6 heteroatoms. The number of hydrogen-bond acceptors (Lipinski definition) is 5. The van der Waals surface area contributed by atoms with Crippen molar-refractivity contribution in [2.75, 3.05) is 39.7 Å². The van der Waals surface area contributed by atoms with E-state index in [0.717, 1.165) is 17.7 Å². The third kappa shape index (κ3) is 5.39. The summed E-state index contributed by atoms with van der Waals surface area (Å²) in [7, 11) is 4.79. The topological polar surface area (TPSA) is 68.8 Å². The van der Waals surface area contributed by atoms with E-state index in [1.54, 1.807) is 39.5 Å². The largest absolute Gasteiger partial charge is 0.496 e. The lowest BCUT2D eigenvalue weighted by Crippen LogP contribution is -2.29. The van der Waals surface area contributed by atoms with Crippen molar-refractivity contribution in [1.29, 1.82) is 0 Å². The van der Waals surface area contributed by atoms with Crippen LogP contribution < -0.4 is 24.8 Å². The number of carbonyl (C=O) groups excluding carboxylic acids is 1. The molecule has 0 aliphatic heterocycles. The molecular formula is C19H24N2O4. The van der Waals surface area contributed by atoms with Crippen LogP contribution >= 0.6 is 0 Å². The van der Waals surface area contributed by atoms with Gasteiger partial charge >= 0.3 is 0 Å². The molecule has 0 spiro atoms. The van der Waals surface area contributed by atoms with Gasteiger partial charge in [0.25, 0.3) is 0 Å². The summed E-state index contributed by atoms with van der Waals surface area (Å²) in [4.78, 5) is 12.0. The van der Waals surface area contributed by atoms with Gasteiger partial charge in [-0.2, -0.15) is 0 Å². The number of hydrogen-bond donors (Lipinski definition) is 2. The number of rotatable bonds is 9. The van der Waals surface area contributed by atoms with E-state index in [0.29, 0.717) is 23.7 Å². The molecule has 0 heterocycles. The SMILES string of the molecule is COc1ccccc1CCNCC(=O)Nc1ccc(OC)c(OC)c1. The monoisotopic (exact) mass is 344 g/mol. The Kier molecular flexibility index (Phi) is 7.10. The summed E-state index contributed by atoms with van der Waals surface area (Å²) in [5.74, 6) is 1.94. The summed E-state index contributed by atoms with van der Waals surface area (Å²) < 4.78 is 15.7. The van der Waals surface area contributed by atoms with Crippen LogP contribution in [-0.4, -0.2) is 40.3 Å². The first kappa shape index (κ1) is 18.6. The molecule has 2 aromatic carbocycles. The molecule has 2 aromatic rings. The van der Waals surface area contributed by atoms with E-state index in [1.165, 1.54) is 0 Å².